The minimum Gasteiger partial charge on any atom is -0.494 e. The second-order valence-electron chi connectivity index (χ2n) is 13.2. The fraction of sp³-hybridized carbons (Fsp3) is 0.359. The number of piperidine rings is 1. The van der Waals surface area contributed by atoms with E-state index in [9.17, 15) is 9.59 Å². The lowest BCUT2D eigenvalue weighted by molar-refractivity contribution is 0.0806. The summed E-state index contributed by atoms with van der Waals surface area (Å²) in [6.45, 7) is 4.61. The van der Waals surface area contributed by atoms with Gasteiger partial charge in [0.05, 0.1) is 29.3 Å². The molecule has 0 N–H and O–H groups in total. The molecule has 3 aromatic carbocycles. The molecule has 286 valence electrons. The van der Waals surface area contributed by atoms with Gasteiger partial charge in [0.1, 0.15) is 36.0 Å². The van der Waals surface area contributed by atoms with Crippen molar-refractivity contribution >= 4 is 45.6 Å². The Bertz CT molecular complexity index is 2080. The van der Waals surface area contributed by atoms with Gasteiger partial charge >= 0.3 is 12.2 Å². The summed E-state index contributed by atoms with van der Waals surface area (Å²) < 4.78 is 24.1. The zero-order valence-electron chi connectivity index (χ0n) is 30.2. The summed E-state index contributed by atoms with van der Waals surface area (Å²) >= 11 is 2.98. The standard InChI is InChI=1S/C20H20N2O3S.C19H22N6O3S/c23-20(25-14-19-21-8-10-26-19)22-9-7-15(12-22)13-24-18-6-5-16-3-1-2-4-17(16)11-18;26-19(28-12-18-11-20-14-29-18)24-7-4-15(5-8-24)6-9-27-17-3-1-2-16(10-17)25-13-21-22-23-25/h1-6,8,10-11,15H,7,9,12-14H2;1-3,10-11,13-15H,4-9,12H2/t15-;/m1./s1. The van der Waals surface area contributed by atoms with Crippen LogP contribution in [0.4, 0.5) is 9.59 Å². The highest BCUT2D eigenvalue weighted by atomic mass is 32.1. The van der Waals surface area contributed by atoms with Gasteiger partial charge in [-0.1, -0.05) is 36.4 Å². The van der Waals surface area contributed by atoms with Crippen LogP contribution in [0.2, 0.25) is 0 Å². The van der Waals surface area contributed by atoms with E-state index < -0.39 is 0 Å². The molecule has 2 amide bonds. The number of fused-ring (bicyclic) bond motifs is 1. The molecule has 14 nitrogen and oxygen atoms in total. The van der Waals surface area contributed by atoms with Crippen LogP contribution in [-0.4, -0.2) is 91.6 Å². The Labute approximate surface area is 326 Å². The van der Waals surface area contributed by atoms with Crippen LogP contribution in [0.25, 0.3) is 16.5 Å². The number of hydrogen-bond acceptors (Lipinski definition) is 13. The number of likely N-dealkylation sites (tertiary alicyclic amines) is 2. The van der Waals surface area contributed by atoms with Crippen LogP contribution in [0, 0.1) is 11.8 Å². The van der Waals surface area contributed by atoms with Gasteiger partial charge in [0, 0.05) is 55.9 Å². The van der Waals surface area contributed by atoms with Crippen molar-refractivity contribution in [2.45, 2.75) is 38.9 Å². The van der Waals surface area contributed by atoms with Gasteiger partial charge in [-0.15, -0.1) is 27.8 Å². The quantitative estimate of drug-likeness (QED) is 0.124. The Morgan fingerprint density at radius 1 is 0.800 bits per heavy atom. The van der Waals surface area contributed by atoms with Crippen molar-refractivity contribution in [1.29, 1.82) is 0 Å². The molecule has 55 heavy (non-hydrogen) atoms. The molecule has 0 radical (unpaired) electrons. The topological polar surface area (TPSA) is 147 Å². The third kappa shape index (κ3) is 11.0. The van der Waals surface area contributed by atoms with E-state index in [2.05, 4.69) is 49.8 Å². The molecule has 2 aliphatic rings. The van der Waals surface area contributed by atoms with Crippen LogP contribution >= 0.6 is 22.7 Å². The molecule has 16 heteroatoms. The van der Waals surface area contributed by atoms with E-state index >= 15 is 0 Å². The summed E-state index contributed by atoms with van der Waals surface area (Å²) in [5, 5.41) is 16.2. The summed E-state index contributed by atoms with van der Waals surface area (Å²) in [6.07, 6.45) is 8.29. The number of thiazole rings is 2. The number of tetrazole rings is 1. The molecule has 0 aliphatic carbocycles. The normalized spacial score (nSPS) is 15.7. The molecule has 0 spiro atoms. The lowest BCUT2D eigenvalue weighted by atomic mass is 9.94. The Kier molecular flexibility index (Phi) is 13.1. The van der Waals surface area contributed by atoms with Gasteiger partial charge in [0.2, 0.25) is 0 Å². The van der Waals surface area contributed by atoms with Gasteiger partial charge < -0.3 is 28.7 Å². The van der Waals surface area contributed by atoms with Crippen LogP contribution in [0.5, 0.6) is 11.5 Å². The first kappa shape index (κ1) is 37.7. The van der Waals surface area contributed by atoms with E-state index in [0.29, 0.717) is 44.7 Å². The second kappa shape index (κ2) is 19.1. The molecular weight excluding hydrogens is 741 g/mol. The summed E-state index contributed by atoms with van der Waals surface area (Å²) in [5.41, 5.74) is 2.59. The predicted octanol–water partition coefficient (Wildman–Crippen LogP) is 7.27. The minimum absolute atomic E-state index is 0.241. The van der Waals surface area contributed by atoms with Crippen molar-refractivity contribution in [3.8, 4) is 17.2 Å². The van der Waals surface area contributed by atoms with Gasteiger partial charge in [0.25, 0.3) is 0 Å². The first-order valence-corrected chi connectivity index (χ1v) is 20.0. The summed E-state index contributed by atoms with van der Waals surface area (Å²) in [7, 11) is 0. The van der Waals surface area contributed by atoms with Crippen LogP contribution in [0.15, 0.2) is 96.3 Å². The molecule has 2 saturated heterocycles. The second-order valence-corrected chi connectivity index (χ2v) is 15.2. The smallest absolute Gasteiger partial charge is 0.410 e. The van der Waals surface area contributed by atoms with Crippen molar-refractivity contribution < 1.29 is 28.5 Å². The first-order valence-electron chi connectivity index (χ1n) is 18.2. The van der Waals surface area contributed by atoms with E-state index in [1.165, 1.54) is 33.4 Å². The first-order chi connectivity index (χ1) is 27.1. The maximum absolute atomic E-state index is 12.2. The predicted molar refractivity (Wildman–Crippen MR) is 207 cm³/mol. The van der Waals surface area contributed by atoms with Crippen LogP contribution in [0.3, 0.4) is 0 Å². The molecule has 8 rings (SSSR count). The lowest BCUT2D eigenvalue weighted by Crippen LogP contribution is -2.39. The number of ether oxygens (including phenoxy) is 4. The van der Waals surface area contributed by atoms with E-state index in [-0.39, 0.29) is 18.8 Å². The summed E-state index contributed by atoms with van der Waals surface area (Å²) in [6, 6.07) is 22.0. The number of nitrogens with zero attached hydrogens (tertiary/aromatic N) is 8. The number of amides is 2. The lowest BCUT2D eigenvalue weighted by Gasteiger charge is -2.31. The molecule has 0 saturated carbocycles. The number of benzene rings is 3. The van der Waals surface area contributed by atoms with E-state index in [0.717, 1.165) is 65.8 Å². The maximum atomic E-state index is 12.2. The Morgan fingerprint density at radius 3 is 2.40 bits per heavy atom. The number of aromatic nitrogens is 6. The zero-order valence-corrected chi connectivity index (χ0v) is 31.9. The Hall–Kier alpha value is -5.61. The van der Waals surface area contributed by atoms with Crippen molar-refractivity contribution in [2.75, 3.05) is 39.4 Å². The van der Waals surface area contributed by atoms with Crippen molar-refractivity contribution in [3.63, 3.8) is 0 Å². The highest BCUT2D eigenvalue weighted by molar-refractivity contribution is 7.09. The molecule has 6 aromatic rings. The highest BCUT2D eigenvalue weighted by Gasteiger charge is 2.28. The Balaban J connectivity index is 0.000000170. The van der Waals surface area contributed by atoms with Crippen molar-refractivity contribution in [1.82, 2.24) is 40.0 Å². The van der Waals surface area contributed by atoms with Gasteiger partial charge in [-0.25, -0.2) is 19.3 Å². The molecule has 0 unspecified atom stereocenters. The molecule has 3 aromatic heterocycles. The molecule has 0 bridgehead atoms. The average Bonchev–Trinajstić information content (AvgIpc) is 4.08. The average molecular weight is 783 g/mol. The van der Waals surface area contributed by atoms with Crippen LogP contribution in [-0.2, 0) is 22.7 Å². The number of carbonyl (C=O) groups excluding carboxylic acids is 2. The van der Waals surface area contributed by atoms with Gasteiger partial charge in [-0.05, 0) is 77.1 Å². The highest BCUT2D eigenvalue weighted by Crippen LogP contribution is 2.25. The monoisotopic (exact) mass is 782 g/mol. The molecule has 1 atom stereocenters. The Morgan fingerprint density at radius 2 is 1.60 bits per heavy atom. The SMILES string of the molecule is O=C(OCc1cncs1)N1CCC(CCOc2cccc(-n3cnnn3)c2)CC1.O=C(OCc1nccs1)N1CC[C@@H](COc2ccc3ccccc3c2)C1. The van der Waals surface area contributed by atoms with Gasteiger partial charge in [0.15, 0.2) is 0 Å². The van der Waals surface area contributed by atoms with E-state index in [1.807, 2.05) is 47.8 Å². The molecule has 2 fully saturated rings. The molecular formula is C39H42N8O6S2. The third-order valence-electron chi connectivity index (χ3n) is 9.47. The van der Waals surface area contributed by atoms with Crippen molar-refractivity contribution in [2.24, 2.45) is 11.8 Å². The molecule has 5 heterocycles. The van der Waals surface area contributed by atoms with Crippen LogP contribution in [0.1, 0.15) is 35.6 Å². The maximum Gasteiger partial charge on any atom is 0.410 e. The fourth-order valence-electron chi connectivity index (χ4n) is 6.43. The van der Waals surface area contributed by atoms with E-state index in [1.54, 1.807) is 38.7 Å². The summed E-state index contributed by atoms with van der Waals surface area (Å²) in [4.78, 5) is 36.9. The minimum atomic E-state index is -0.270. The number of hydrogen-bond donors (Lipinski definition) is 0. The summed E-state index contributed by atoms with van der Waals surface area (Å²) in [5.74, 6) is 2.53. The van der Waals surface area contributed by atoms with Gasteiger partial charge in [-0.3, -0.25) is 4.98 Å². The number of carbonyl (C=O) groups is 2. The fourth-order valence-corrected chi connectivity index (χ4v) is 7.46. The zero-order chi connectivity index (χ0) is 37.7. The number of rotatable bonds is 12. The molecule has 2 aliphatic heterocycles. The van der Waals surface area contributed by atoms with Gasteiger partial charge in [-0.2, -0.15) is 0 Å². The van der Waals surface area contributed by atoms with Crippen molar-refractivity contribution in [3.05, 3.63) is 106 Å². The largest absolute Gasteiger partial charge is 0.494 e. The van der Waals surface area contributed by atoms with Crippen LogP contribution < -0.4 is 9.47 Å². The third-order valence-corrected chi connectivity index (χ3v) is 11.0. The van der Waals surface area contributed by atoms with E-state index in [4.69, 9.17) is 18.9 Å².